The maximum absolute atomic E-state index is 6.33. The first kappa shape index (κ1) is 12.8. The van der Waals surface area contributed by atoms with E-state index in [1.807, 2.05) is 23.9 Å². The molecule has 1 unspecified atom stereocenters. The molecule has 3 aromatic rings. The maximum atomic E-state index is 6.33. The number of thiophene rings is 1. The Morgan fingerprint density at radius 3 is 2.84 bits per heavy atom. The summed E-state index contributed by atoms with van der Waals surface area (Å²) in [6.07, 6.45) is 0.817. The minimum absolute atomic E-state index is 0.0725. The van der Waals surface area contributed by atoms with Crippen LogP contribution in [0.5, 0.6) is 0 Å². The van der Waals surface area contributed by atoms with Gasteiger partial charge in [0.1, 0.15) is 0 Å². The fourth-order valence-electron chi connectivity index (χ4n) is 2.29. The van der Waals surface area contributed by atoms with Gasteiger partial charge in [0, 0.05) is 23.7 Å². The summed E-state index contributed by atoms with van der Waals surface area (Å²) in [4.78, 5) is 1.27. The van der Waals surface area contributed by atoms with E-state index in [1.165, 1.54) is 4.88 Å². The van der Waals surface area contributed by atoms with Crippen LogP contribution in [0.15, 0.2) is 40.2 Å². The molecule has 19 heavy (non-hydrogen) atoms. The van der Waals surface area contributed by atoms with Gasteiger partial charge in [-0.3, -0.25) is 4.68 Å². The molecule has 5 heteroatoms. The van der Waals surface area contributed by atoms with E-state index in [2.05, 4.69) is 45.3 Å². The zero-order valence-corrected chi connectivity index (χ0v) is 12.9. The molecule has 0 aliphatic heterocycles. The summed E-state index contributed by atoms with van der Waals surface area (Å²) in [5.41, 5.74) is 8.43. The molecule has 1 atom stereocenters. The highest BCUT2D eigenvalue weighted by Crippen LogP contribution is 2.28. The van der Waals surface area contributed by atoms with Crippen LogP contribution in [0.3, 0.4) is 0 Å². The largest absolute Gasteiger partial charge is 0.322 e. The Balaban J connectivity index is 1.95. The summed E-state index contributed by atoms with van der Waals surface area (Å²) >= 11 is 5.21. The van der Waals surface area contributed by atoms with Crippen LogP contribution >= 0.6 is 27.3 Å². The number of hydrogen-bond acceptors (Lipinski definition) is 3. The first-order valence-electron chi connectivity index (χ1n) is 6.06. The first-order valence-corrected chi connectivity index (χ1v) is 7.67. The molecule has 1 aromatic carbocycles. The topological polar surface area (TPSA) is 43.8 Å². The van der Waals surface area contributed by atoms with Crippen LogP contribution < -0.4 is 5.73 Å². The summed E-state index contributed by atoms with van der Waals surface area (Å²) in [6, 6.07) is 12.3. The van der Waals surface area contributed by atoms with Crippen molar-refractivity contribution in [2.24, 2.45) is 12.8 Å². The van der Waals surface area contributed by atoms with Crippen LogP contribution in [0.2, 0.25) is 0 Å². The van der Waals surface area contributed by atoms with Crippen LogP contribution in [-0.2, 0) is 13.5 Å². The molecule has 0 aliphatic carbocycles. The Labute approximate surface area is 124 Å². The molecule has 2 heterocycles. The second kappa shape index (κ2) is 5.07. The summed E-state index contributed by atoms with van der Waals surface area (Å²) in [7, 11) is 1.96. The van der Waals surface area contributed by atoms with Gasteiger partial charge < -0.3 is 5.73 Å². The predicted octanol–water partition coefficient (Wildman–Crippen LogP) is 3.64. The third kappa shape index (κ3) is 2.45. The summed E-state index contributed by atoms with van der Waals surface area (Å²) in [5, 5.41) is 5.72. The molecular formula is C14H14BrN3S. The van der Waals surface area contributed by atoms with Gasteiger partial charge in [0.25, 0.3) is 0 Å². The molecule has 0 fully saturated rings. The number of halogens is 1. The van der Waals surface area contributed by atoms with Gasteiger partial charge in [-0.1, -0.05) is 18.2 Å². The Morgan fingerprint density at radius 1 is 1.32 bits per heavy atom. The van der Waals surface area contributed by atoms with E-state index in [1.54, 1.807) is 11.3 Å². The third-order valence-corrected chi connectivity index (χ3v) is 4.83. The van der Waals surface area contributed by atoms with E-state index >= 15 is 0 Å². The van der Waals surface area contributed by atoms with Gasteiger partial charge in [-0.2, -0.15) is 5.10 Å². The molecule has 0 aliphatic rings. The van der Waals surface area contributed by atoms with E-state index in [-0.39, 0.29) is 6.04 Å². The quantitative estimate of drug-likeness (QED) is 0.794. The zero-order chi connectivity index (χ0) is 13.4. The van der Waals surface area contributed by atoms with Crippen molar-refractivity contribution in [2.45, 2.75) is 12.5 Å². The second-order valence-electron chi connectivity index (χ2n) is 4.54. The molecular weight excluding hydrogens is 322 g/mol. The molecule has 0 spiro atoms. The SMILES string of the molecule is Cn1nc(C(N)Cc2ccc(Br)s2)c2ccccc21. The maximum Gasteiger partial charge on any atom is 0.0874 e. The first-order chi connectivity index (χ1) is 9.15. The van der Waals surface area contributed by atoms with Crippen molar-refractivity contribution in [1.29, 1.82) is 0 Å². The lowest BCUT2D eigenvalue weighted by atomic mass is 10.1. The van der Waals surface area contributed by atoms with Gasteiger partial charge >= 0.3 is 0 Å². The Hall–Kier alpha value is -1.17. The van der Waals surface area contributed by atoms with Crippen molar-refractivity contribution in [1.82, 2.24) is 9.78 Å². The van der Waals surface area contributed by atoms with Crippen molar-refractivity contribution in [2.75, 3.05) is 0 Å². The number of aromatic nitrogens is 2. The van der Waals surface area contributed by atoms with Gasteiger partial charge in [-0.05, 0) is 34.1 Å². The number of nitrogens with zero attached hydrogens (tertiary/aromatic N) is 2. The molecule has 0 radical (unpaired) electrons. The smallest absolute Gasteiger partial charge is 0.0874 e. The Kier molecular flexibility index (Phi) is 3.43. The highest BCUT2D eigenvalue weighted by molar-refractivity contribution is 9.11. The van der Waals surface area contributed by atoms with Gasteiger partial charge in [0.15, 0.2) is 0 Å². The van der Waals surface area contributed by atoms with E-state index in [0.717, 1.165) is 26.8 Å². The minimum Gasteiger partial charge on any atom is -0.322 e. The molecule has 2 N–H and O–H groups in total. The van der Waals surface area contributed by atoms with Crippen molar-refractivity contribution in [3.05, 3.63) is 50.8 Å². The molecule has 2 aromatic heterocycles. The highest BCUT2D eigenvalue weighted by atomic mass is 79.9. The molecule has 3 rings (SSSR count). The van der Waals surface area contributed by atoms with Crippen LogP contribution in [-0.4, -0.2) is 9.78 Å². The lowest BCUT2D eigenvalue weighted by Gasteiger charge is -2.07. The molecule has 98 valence electrons. The third-order valence-electron chi connectivity index (χ3n) is 3.19. The van der Waals surface area contributed by atoms with E-state index < -0.39 is 0 Å². The number of rotatable bonds is 3. The monoisotopic (exact) mass is 335 g/mol. The number of para-hydroxylation sites is 1. The van der Waals surface area contributed by atoms with Crippen molar-refractivity contribution in [3.63, 3.8) is 0 Å². The van der Waals surface area contributed by atoms with Crippen LogP contribution in [0, 0.1) is 0 Å². The van der Waals surface area contributed by atoms with Gasteiger partial charge in [0.2, 0.25) is 0 Å². The number of benzene rings is 1. The van der Waals surface area contributed by atoms with Crippen molar-refractivity contribution < 1.29 is 0 Å². The highest BCUT2D eigenvalue weighted by Gasteiger charge is 2.16. The van der Waals surface area contributed by atoms with E-state index in [0.29, 0.717) is 0 Å². The molecule has 0 amide bonds. The summed E-state index contributed by atoms with van der Waals surface area (Å²) < 4.78 is 3.04. The van der Waals surface area contributed by atoms with Crippen LogP contribution in [0.4, 0.5) is 0 Å². The number of fused-ring (bicyclic) bond motifs is 1. The fourth-order valence-corrected chi connectivity index (χ4v) is 3.83. The number of hydrogen-bond donors (Lipinski definition) is 1. The van der Waals surface area contributed by atoms with Gasteiger partial charge in [-0.25, -0.2) is 0 Å². The zero-order valence-electron chi connectivity index (χ0n) is 10.5. The molecule has 0 saturated carbocycles. The fraction of sp³-hybridized carbons (Fsp3) is 0.214. The van der Waals surface area contributed by atoms with E-state index in [4.69, 9.17) is 5.73 Å². The number of nitrogens with two attached hydrogens (primary N) is 1. The molecule has 0 saturated heterocycles. The van der Waals surface area contributed by atoms with E-state index in [9.17, 15) is 0 Å². The normalized spacial score (nSPS) is 13.0. The number of aryl methyl sites for hydroxylation is 1. The predicted molar refractivity (Wildman–Crippen MR) is 83.4 cm³/mol. The lowest BCUT2D eigenvalue weighted by molar-refractivity contribution is 0.670. The summed E-state index contributed by atoms with van der Waals surface area (Å²) in [5.74, 6) is 0. The van der Waals surface area contributed by atoms with Gasteiger partial charge in [-0.15, -0.1) is 11.3 Å². The van der Waals surface area contributed by atoms with Gasteiger partial charge in [0.05, 0.1) is 21.0 Å². The Bertz CT molecular complexity index is 716. The molecule has 0 bridgehead atoms. The standard InChI is InChI=1S/C14H14BrN3S/c1-18-12-5-3-2-4-10(12)14(17-18)11(16)8-9-6-7-13(15)19-9/h2-7,11H,8,16H2,1H3. The molecule has 3 nitrogen and oxygen atoms in total. The second-order valence-corrected chi connectivity index (χ2v) is 7.09. The van der Waals surface area contributed by atoms with Crippen LogP contribution in [0.25, 0.3) is 10.9 Å². The average Bonchev–Trinajstić information content (AvgIpc) is 2.95. The lowest BCUT2D eigenvalue weighted by Crippen LogP contribution is -2.14. The van der Waals surface area contributed by atoms with Crippen LogP contribution in [0.1, 0.15) is 16.6 Å². The summed E-state index contributed by atoms with van der Waals surface area (Å²) in [6.45, 7) is 0. The minimum atomic E-state index is -0.0725. The average molecular weight is 336 g/mol. The van der Waals surface area contributed by atoms with Crippen molar-refractivity contribution in [3.8, 4) is 0 Å². The Morgan fingerprint density at radius 2 is 2.11 bits per heavy atom. The van der Waals surface area contributed by atoms with Crippen molar-refractivity contribution >= 4 is 38.2 Å².